The van der Waals surface area contributed by atoms with E-state index in [9.17, 15) is 9.59 Å². The van der Waals surface area contributed by atoms with Gasteiger partial charge in [0.05, 0.1) is 0 Å². The molecular weight excluding hydrogens is 330 g/mol. The molecule has 0 atom stereocenters. The minimum atomic E-state index is -0.610. The zero-order valence-corrected chi connectivity index (χ0v) is 14.2. The van der Waals surface area contributed by atoms with Crippen LogP contribution in [-0.2, 0) is 14.3 Å². The standard InChI is InChI=1S/C18H18ClNO4/c1-12-5-3-4-6-16(12)23-11-18(22)24-10-17(21)20-15-8-7-14(19)9-13(15)2/h3-9H,10-11H2,1-2H3,(H,20,21). The lowest BCUT2D eigenvalue weighted by Crippen LogP contribution is -2.24. The molecule has 5 nitrogen and oxygen atoms in total. The zero-order valence-electron chi connectivity index (χ0n) is 13.5. The van der Waals surface area contributed by atoms with E-state index in [-0.39, 0.29) is 13.2 Å². The smallest absolute Gasteiger partial charge is 0.344 e. The molecule has 0 bridgehead atoms. The zero-order chi connectivity index (χ0) is 17.5. The highest BCUT2D eigenvalue weighted by atomic mass is 35.5. The predicted octanol–water partition coefficient (Wildman–Crippen LogP) is 3.52. The minimum Gasteiger partial charge on any atom is -0.482 e. The molecule has 2 aromatic carbocycles. The molecule has 0 saturated carbocycles. The van der Waals surface area contributed by atoms with Gasteiger partial charge in [-0.2, -0.15) is 0 Å². The van der Waals surface area contributed by atoms with Gasteiger partial charge in [-0.15, -0.1) is 0 Å². The third kappa shape index (κ3) is 5.28. The molecule has 24 heavy (non-hydrogen) atoms. The molecule has 0 fully saturated rings. The van der Waals surface area contributed by atoms with E-state index in [0.717, 1.165) is 11.1 Å². The van der Waals surface area contributed by atoms with Crippen LogP contribution in [0.5, 0.6) is 5.75 Å². The molecule has 1 N–H and O–H groups in total. The SMILES string of the molecule is Cc1cc(Cl)ccc1NC(=O)COC(=O)COc1ccccc1C. The number of esters is 1. The minimum absolute atomic E-state index is 0.252. The van der Waals surface area contributed by atoms with Crippen LogP contribution in [0.4, 0.5) is 5.69 Å². The van der Waals surface area contributed by atoms with Gasteiger partial charge in [-0.1, -0.05) is 29.8 Å². The van der Waals surface area contributed by atoms with E-state index in [1.807, 2.05) is 32.0 Å². The summed E-state index contributed by atoms with van der Waals surface area (Å²) >= 11 is 5.86. The summed E-state index contributed by atoms with van der Waals surface area (Å²) in [7, 11) is 0. The van der Waals surface area contributed by atoms with Gasteiger partial charge >= 0.3 is 5.97 Å². The molecule has 0 saturated heterocycles. The van der Waals surface area contributed by atoms with Crippen LogP contribution in [0.1, 0.15) is 11.1 Å². The highest BCUT2D eigenvalue weighted by Gasteiger charge is 2.10. The average Bonchev–Trinajstić information content (AvgIpc) is 2.55. The molecule has 2 rings (SSSR count). The van der Waals surface area contributed by atoms with E-state index >= 15 is 0 Å². The Balaban J connectivity index is 1.77. The van der Waals surface area contributed by atoms with Gasteiger partial charge in [0, 0.05) is 10.7 Å². The Labute approximate surface area is 145 Å². The second-order valence-electron chi connectivity index (χ2n) is 5.22. The van der Waals surface area contributed by atoms with Gasteiger partial charge in [0.25, 0.3) is 5.91 Å². The number of ether oxygens (including phenoxy) is 2. The van der Waals surface area contributed by atoms with Gasteiger partial charge in [0.1, 0.15) is 5.75 Å². The van der Waals surface area contributed by atoms with Crippen molar-refractivity contribution in [2.75, 3.05) is 18.5 Å². The fraction of sp³-hybridized carbons (Fsp3) is 0.222. The van der Waals surface area contributed by atoms with Crippen molar-refractivity contribution in [3.8, 4) is 5.75 Å². The number of nitrogens with one attached hydrogen (secondary N) is 1. The summed E-state index contributed by atoms with van der Waals surface area (Å²) < 4.78 is 10.3. The van der Waals surface area contributed by atoms with Gasteiger partial charge in [-0.3, -0.25) is 4.79 Å². The van der Waals surface area contributed by atoms with Crippen LogP contribution >= 0.6 is 11.6 Å². The van der Waals surface area contributed by atoms with Gasteiger partial charge < -0.3 is 14.8 Å². The Hall–Kier alpha value is -2.53. The van der Waals surface area contributed by atoms with Gasteiger partial charge in [0.2, 0.25) is 0 Å². The first-order valence-electron chi connectivity index (χ1n) is 7.36. The van der Waals surface area contributed by atoms with Crippen molar-refractivity contribution in [2.45, 2.75) is 13.8 Å². The Kier molecular flexibility index (Phi) is 6.21. The molecule has 0 spiro atoms. The molecule has 0 unspecified atom stereocenters. The number of benzene rings is 2. The first-order valence-corrected chi connectivity index (χ1v) is 7.73. The normalized spacial score (nSPS) is 10.1. The van der Waals surface area contributed by atoms with Crippen LogP contribution < -0.4 is 10.1 Å². The van der Waals surface area contributed by atoms with Crippen LogP contribution in [0, 0.1) is 13.8 Å². The summed E-state index contributed by atoms with van der Waals surface area (Å²) in [5, 5.41) is 3.25. The van der Waals surface area contributed by atoms with E-state index in [0.29, 0.717) is 16.5 Å². The predicted molar refractivity (Wildman–Crippen MR) is 92.5 cm³/mol. The number of carbonyl (C=O) groups excluding carboxylic acids is 2. The molecule has 1 amide bonds. The second-order valence-corrected chi connectivity index (χ2v) is 5.66. The molecule has 2 aromatic rings. The van der Waals surface area contributed by atoms with E-state index in [2.05, 4.69) is 5.32 Å². The van der Waals surface area contributed by atoms with E-state index in [1.54, 1.807) is 24.3 Å². The van der Waals surface area contributed by atoms with Crippen LogP contribution in [0.15, 0.2) is 42.5 Å². The average molecular weight is 348 g/mol. The Morgan fingerprint density at radius 1 is 1.04 bits per heavy atom. The third-order valence-corrected chi connectivity index (χ3v) is 3.50. The van der Waals surface area contributed by atoms with Gasteiger partial charge in [-0.05, 0) is 49.2 Å². The van der Waals surface area contributed by atoms with Crippen LogP contribution in [0.2, 0.25) is 5.02 Å². The molecule has 0 aliphatic carbocycles. The summed E-state index contributed by atoms with van der Waals surface area (Å²) in [5.41, 5.74) is 2.36. The Morgan fingerprint density at radius 3 is 2.50 bits per heavy atom. The maximum Gasteiger partial charge on any atom is 0.344 e. The molecule has 126 valence electrons. The first-order chi connectivity index (χ1) is 11.5. The van der Waals surface area contributed by atoms with Crippen LogP contribution in [-0.4, -0.2) is 25.1 Å². The molecular formula is C18H18ClNO4. The number of carbonyl (C=O) groups is 2. The summed E-state index contributed by atoms with van der Waals surface area (Å²) in [5.74, 6) is -0.429. The number of para-hydroxylation sites is 1. The maximum atomic E-state index is 11.8. The molecule has 0 aliphatic heterocycles. The van der Waals surface area contributed by atoms with Crippen molar-refractivity contribution in [3.05, 3.63) is 58.6 Å². The highest BCUT2D eigenvalue weighted by Crippen LogP contribution is 2.19. The molecule has 0 heterocycles. The fourth-order valence-corrected chi connectivity index (χ4v) is 2.22. The number of hydrogen-bond acceptors (Lipinski definition) is 4. The largest absolute Gasteiger partial charge is 0.482 e. The van der Waals surface area contributed by atoms with Gasteiger partial charge in [-0.25, -0.2) is 4.79 Å². The van der Waals surface area contributed by atoms with Crippen LogP contribution in [0.25, 0.3) is 0 Å². The van der Waals surface area contributed by atoms with E-state index < -0.39 is 11.9 Å². The topological polar surface area (TPSA) is 64.6 Å². The Morgan fingerprint density at radius 2 is 1.79 bits per heavy atom. The van der Waals surface area contributed by atoms with Crippen molar-refractivity contribution in [1.82, 2.24) is 0 Å². The van der Waals surface area contributed by atoms with Crippen molar-refractivity contribution >= 4 is 29.2 Å². The molecule has 0 aliphatic rings. The lowest BCUT2D eigenvalue weighted by molar-refractivity contribution is -0.149. The van der Waals surface area contributed by atoms with Crippen molar-refractivity contribution < 1.29 is 19.1 Å². The maximum absolute atomic E-state index is 11.8. The summed E-state index contributed by atoms with van der Waals surface area (Å²) in [6, 6.07) is 12.4. The van der Waals surface area contributed by atoms with E-state index in [1.165, 1.54) is 0 Å². The van der Waals surface area contributed by atoms with Crippen LogP contribution in [0.3, 0.4) is 0 Å². The number of hydrogen-bond donors (Lipinski definition) is 1. The monoisotopic (exact) mass is 347 g/mol. The Bertz CT molecular complexity index is 746. The number of rotatable bonds is 6. The summed E-state index contributed by atoms with van der Waals surface area (Å²) in [4.78, 5) is 23.5. The fourth-order valence-electron chi connectivity index (χ4n) is 2.00. The van der Waals surface area contributed by atoms with Crippen molar-refractivity contribution in [1.29, 1.82) is 0 Å². The number of halogens is 1. The van der Waals surface area contributed by atoms with E-state index in [4.69, 9.17) is 21.1 Å². The lowest BCUT2D eigenvalue weighted by atomic mass is 10.2. The number of amides is 1. The summed E-state index contributed by atoms with van der Waals surface area (Å²) in [6.07, 6.45) is 0. The number of aryl methyl sites for hydroxylation is 2. The van der Waals surface area contributed by atoms with Gasteiger partial charge in [0.15, 0.2) is 13.2 Å². The molecule has 0 aromatic heterocycles. The summed E-state index contributed by atoms with van der Waals surface area (Å²) in [6.45, 7) is 3.07. The second kappa shape index (κ2) is 8.36. The van der Waals surface area contributed by atoms with Crippen molar-refractivity contribution in [3.63, 3.8) is 0 Å². The highest BCUT2D eigenvalue weighted by molar-refractivity contribution is 6.30. The van der Waals surface area contributed by atoms with Crippen molar-refractivity contribution in [2.24, 2.45) is 0 Å². The quantitative estimate of drug-likeness (QED) is 0.812. The molecule has 6 heteroatoms. The third-order valence-electron chi connectivity index (χ3n) is 3.27. The number of anilines is 1. The molecule has 0 radical (unpaired) electrons. The first kappa shape index (κ1) is 17.8. The lowest BCUT2D eigenvalue weighted by Gasteiger charge is -2.10.